The summed E-state index contributed by atoms with van der Waals surface area (Å²) >= 11 is 0. The standard InChI is InChI=1S/C19H20O2/c1-5-13-8-10-16(20)18(12(13)4)19-15(7-3)14(6-2)9-11-17(19)21/h5-11,20-21H,1H2,2-4H3. The predicted molar refractivity (Wildman–Crippen MR) is 89.6 cm³/mol. The molecule has 2 heteroatoms. The third kappa shape index (κ3) is 2.45. The Balaban J connectivity index is 3.03. The predicted octanol–water partition coefficient (Wildman–Crippen LogP) is 3.32. The Morgan fingerprint density at radius 1 is 0.905 bits per heavy atom. The number of rotatable bonds is 2. The number of hydrogen-bond acceptors (Lipinski definition) is 2. The van der Waals surface area contributed by atoms with Gasteiger partial charge in [-0.2, -0.15) is 0 Å². The summed E-state index contributed by atoms with van der Waals surface area (Å²) in [7, 11) is 0. The summed E-state index contributed by atoms with van der Waals surface area (Å²) in [5.41, 5.74) is 3.15. The van der Waals surface area contributed by atoms with E-state index < -0.39 is 0 Å². The van der Waals surface area contributed by atoms with Gasteiger partial charge < -0.3 is 10.2 Å². The maximum Gasteiger partial charge on any atom is 0.124 e. The molecule has 0 atom stereocenters. The highest BCUT2D eigenvalue weighted by Crippen LogP contribution is 2.36. The van der Waals surface area contributed by atoms with Gasteiger partial charge in [-0.15, -0.1) is 0 Å². The number of hydrogen-bond donors (Lipinski definition) is 2. The van der Waals surface area contributed by atoms with E-state index in [4.69, 9.17) is 0 Å². The van der Waals surface area contributed by atoms with Crippen molar-refractivity contribution >= 4 is 18.2 Å². The molecule has 0 saturated carbocycles. The van der Waals surface area contributed by atoms with Crippen molar-refractivity contribution < 1.29 is 10.2 Å². The van der Waals surface area contributed by atoms with Gasteiger partial charge in [-0.05, 0) is 54.5 Å². The lowest BCUT2D eigenvalue weighted by Gasteiger charge is -2.14. The lowest BCUT2D eigenvalue weighted by molar-refractivity contribution is 0.468. The van der Waals surface area contributed by atoms with Gasteiger partial charge in [0.25, 0.3) is 0 Å². The highest BCUT2D eigenvalue weighted by molar-refractivity contribution is 5.82. The van der Waals surface area contributed by atoms with Crippen LogP contribution in [0.1, 0.15) is 25.0 Å². The van der Waals surface area contributed by atoms with Crippen LogP contribution < -0.4 is 10.4 Å². The van der Waals surface area contributed by atoms with Gasteiger partial charge in [-0.1, -0.05) is 36.9 Å². The van der Waals surface area contributed by atoms with Gasteiger partial charge in [0.1, 0.15) is 11.5 Å². The zero-order chi connectivity index (χ0) is 15.6. The van der Waals surface area contributed by atoms with Crippen LogP contribution in [0.3, 0.4) is 0 Å². The zero-order valence-corrected chi connectivity index (χ0v) is 12.6. The lowest BCUT2D eigenvalue weighted by atomic mass is 9.92. The van der Waals surface area contributed by atoms with Crippen molar-refractivity contribution in [3.63, 3.8) is 0 Å². The third-order valence-corrected chi connectivity index (χ3v) is 3.81. The Kier molecular flexibility index (Phi) is 4.18. The number of aromatic hydroxyl groups is 2. The molecule has 108 valence electrons. The molecule has 0 saturated heterocycles. The number of benzene rings is 2. The summed E-state index contributed by atoms with van der Waals surface area (Å²) in [6.45, 7) is 9.60. The lowest BCUT2D eigenvalue weighted by Crippen LogP contribution is -2.26. The average molecular weight is 280 g/mol. The van der Waals surface area contributed by atoms with E-state index in [-0.39, 0.29) is 11.5 Å². The minimum atomic E-state index is 0.157. The average Bonchev–Trinajstić information content (AvgIpc) is 2.48. The van der Waals surface area contributed by atoms with Gasteiger partial charge in [0.05, 0.1) is 0 Å². The molecule has 0 heterocycles. The second kappa shape index (κ2) is 5.88. The van der Waals surface area contributed by atoms with Crippen LogP contribution in [-0.2, 0) is 0 Å². The van der Waals surface area contributed by atoms with Crippen LogP contribution in [0.4, 0.5) is 0 Å². The van der Waals surface area contributed by atoms with Crippen molar-refractivity contribution in [1.29, 1.82) is 0 Å². The first-order valence-corrected chi connectivity index (χ1v) is 6.95. The molecule has 0 aliphatic heterocycles. The molecule has 0 spiro atoms. The molecule has 0 amide bonds. The highest BCUT2D eigenvalue weighted by Gasteiger charge is 2.15. The Morgan fingerprint density at radius 2 is 1.52 bits per heavy atom. The van der Waals surface area contributed by atoms with E-state index in [2.05, 4.69) is 6.58 Å². The van der Waals surface area contributed by atoms with Crippen LogP contribution in [0.2, 0.25) is 0 Å². The molecule has 2 nitrogen and oxygen atoms in total. The molecule has 0 aliphatic carbocycles. The molecule has 2 aromatic rings. The summed E-state index contributed by atoms with van der Waals surface area (Å²) in [5.74, 6) is 0.318. The number of phenols is 2. The smallest absolute Gasteiger partial charge is 0.124 e. The van der Waals surface area contributed by atoms with E-state index >= 15 is 0 Å². The van der Waals surface area contributed by atoms with Gasteiger partial charge in [0, 0.05) is 11.1 Å². The van der Waals surface area contributed by atoms with Crippen molar-refractivity contribution in [2.75, 3.05) is 0 Å². The number of phenolic OH excluding ortho intramolecular Hbond substituents is 2. The van der Waals surface area contributed by atoms with E-state index in [0.29, 0.717) is 11.1 Å². The maximum atomic E-state index is 10.3. The molecule has 0 bridgehead atoms. The topological polar surface area (TPSA) is 40.5 Å². The molecule has 0 unspecified atom stereocenters. The molecular weight excluding hydrogens is 260 g/mol. The maximum absolute atomic E-state index is 10.3. The first-order chi connectivity index (χ1) is 10.0. The molecule has 0 aliphatic rings. The fourth-order valence-electron chi connectivity index (χ4n) is 2.70. The van der Waals surface area contributed by atoms with Crippen molar-refractivity contribution in [1.82, 2.24) is 0 Å². The normalized spacial score (nSPS) is 12.7. The highest BCUT2D eigenvalue weighted by atomic mass is 16.3. The molecule has 0 fully saturated rings. The second-order valence-electron chi connectivity index (χ2n) is 4.92. The van der Waals surface area contributed by atoms with E-state index in [9.17, 15) is 10.2 Å². The summed E-state index contributed by atoms with van der Waals surface area (Å²) < 4.78 is 0. The fraction of sp³-hybridized carbons (Fsp3) is 0.158. The monoisotopic (exact) mass is 280 g/mol. The Bertz CT molecular complexity index is 814. The molecule has 0 radical (unpaired) electrons. The van der Waals surface area contributed by atoms with Gasteiger partial charge in [0.2, 0.25) is 0 Å². The van der Waals surface area contributed by atoms with Gasteiger partial charge in [0.15, 0.2) is 0 Å². The van der Waals surface area contributed by atoms with E-state index in [1.807, 2.05) is 45.1 Å². The summed E-state index contributed by atoms with van der Waals surface area (Å²) in [4.78, 5) is 0. The summed E-state index contributed by atoms with van der Waals surface area (Å²) in [5, 5.41) is 22.6. The summed E-state index contributed by atoms with van der Waals surface area (Å²) in [6.07, 6.45) is 5.69. The van der Waals surface area contributed by atoms with Crippen molar-refractivity contribution in [2.24, 2.45) is 0 Å². The SMILES string of the molecule is C=Cc1ccc(O)c(-c2c(O)ccc(=CC)c2=CC)c1C. The minimum Gasteiger partial charge on any atom is -0.507 e. The Morgan fingerprint density at radius 3 is 2.10 bits per heavy atom. The van der Waals surface area contributed by atoms with Crippen LogP contribution in [-0.4, -0.2) is 10.2 Å². The molecule has 21 heavy (non-hydrogen) atoms. The first kappa shape index (κ1) is 14.9. The van der Waals surface area contributed by atoms with E-state index in [0.717, 1.165) is 21.6 Å². The molecule has 2 aromatic carbocycles. The fourth-order valence-corrected chi connectivity index (χ4v) is 2.70. The van der Waals surface area contributed by atoms with Crippen LogP contribution in [0.25, 0.3) is 29.4 Å². The van der Waals surface area contributed by atoms with Gasteiger partial charge in [-0.3, -0.25) is 0 Å². The van der Waals surface area contributed by atoms with Crippen LogP contribution in [0, 0.1) is 6.92 Å². The van der Waals surface area contributed by atoms with Crippen LogP contribution in [0.15, 0.2) is 30.8 Å². The van der Waals surface area contributed by atoms with Crippen molar-refractivity contribution in [3.8, 4) is 22.6 Å². The Labute approximate surface area is 125 Å². The largest absolute Gasteiger partial charge is 0.507 e. The van der Waals surface area contributed by atoms with E-state index in [1.165, 1.54) is 0 Å². The minimum absolute atomic E-state index is 0.157. The zero-order valence-electron chi connectivity index (χ0n) is 12.6. The van der Waals surface area contributed by atoms with Crippen LogP contribution >= 0.6 is 0 Å². The third-order valence-electron chi connectivity index (χ3n) is 3.81. The molecule has 0 aromatic heterocycles. The first-order valence-electron chi connectivity index (χ1n) is 6.95. The molecule has 2 N–H and O–H groups in total. The molecule has 2 rings (SSSR count). The van der Waals surface area contributed by atoms with E-state index in [1.54, 1.807) is 18.2 Å². The Hall–Kier alpha value is -2.48. The molecular formula is C19H20O2. The second-order valence-corrected chi connectivity index (χ2v) is 4.92. The van der Waals surface area contributed by atoms with Crippen molar-refractivity contribution in [2.45, 2.75) is 20.8 Å². The van der Waals surface area contributed by atoms with Crippen molar-refractivity contribution in [3.05, 3.63) is 52.4 Å². The summed E-state index contributed by atoms with van der Waals surface area (Å²) in [6, 6.07) is 7.00. The quantitative estimate of drug-likeness (QED) is 0.886. The van der Waals surface area contributed by atoms with Gasteiger partial charge >= 0.3 is 0 Å². The van der Waals surface area contributed by atoms with Gasteiger partial charge in [-0.25, -0.2) is 0 Å². The van der Waals surface area contributed by atoms with Crippen LogP contribution in [0.5, 0.6) is 11.5 Å².